The Labute approximate surface area is 136 Å². The first-order valence-electron chi connectivity index (χ1n) is 7.32. The molecule has 124 valence electrons. The van der Waals surface area contributed by atoms with Crippen LogP contribution in [0.5, 0.6) is 0 Å². The SMILES string of the molecule is O=S(=O)(OCC[C@H](O)COCc1ccccc1)c1ccccc1. The molecule has 0 spiro atoms. The van der Waals surface area contributed by atoms with Gasteiger partial charge in [-0.1, -0.05) is 48.5 Å². The van der Waals surface area contributed by atoms with E-state index in [2.05, 4.69) is 0 Å². The lowest BCUT2D eigenvalue weighted by Crippen LogP contribution is -2.19. The molecule has 1 N–H and O–H groups in total. The predicted molar refractivity (Wildman–Crippen MR) is 86.3 cm³/mol. The Morgan fingerprint density at radius 3 is 2.22 bits per heavy atom. The summed E-state index contributed by atoms with van der Waals surface area (Å²) in [4.78, 5) is 0.106. The van der Waals surface area contributed by atoms with Gasteiger partial charge in [0, 0.05) is 6.42 Å². The van der Waals surface area contributed by atoms with Gasteiger partial charge in [-0.15, -0.1) is 0 Å². The zero-order valence-corrected chi connectivity index (χ0v) is 13.5. The average molecular weight is 336 g/mol. The van der Waals surface area contributed by atoms with Gasteiger partial charge >= 0.3 is 0 Å². The summed E-state index contributed by atoms with van der Waals surface area (Å²) < 4.78 is 34.1. The Morgan fingerprint density at radius 1 is 0.957 bits per heavy atom. The number of aliphatic hydroxyl groups is 1. The second-order valence-corrected chi connectivity index (χ2v) is 6.65. The quantitative estimate of drug-likeness (QED) is 0.712. The molecule has 0 aromatic heterocycles. The molecule has 0 unspecified atom stereocenters. The van der Waals surface area contributed by atoms with Crippen LogP contribution in [-0.2, 0) is 25.6 Å². The van der Waals surface area contributed by atoms with Crippen molar-refractivity contribution < 1.29 is 22.4 Å². The molecule has 0 saturated heterocycles. The first-order valence-corrected chi connectivity index (χ1v) is 8.73. The Balaban J connectivity index is 1.67. The highest BCUT2D eigenvalue weighted by molar-refractivity contribution is 7.86. The lowest BCUT2D eigenvalue weighted by atomic mass is 10.2. The van der Waals surface area contributed by atoms with Crippen molar-refractivity contribution >= 4 is 10.1 Å². The standard InChI is InChI=1S/C17H20O5S/c18-16(14-21-13-15-7-3-1-4-8-15)11-12-22-23(19,20)17-9-5-2-6-10-17/h1-10,16,18H,11-14H2/t16-/m0/s1. The van der Waals surface area contributed by atoms with Crippen LogP contribution in [0.1, 0.15) is 12.0 Å². The first kappa shape index (κ1) is 17.6. The van der Waals surface area contributed by atoms with Crippen LogP contribution in [0.25, 0.3) is 0 Å². The topological polar surface area (TPSA) is 72.8 Å². The third-order valence-electron chi connectivity index (χ3n) is 3.14. The van der Waals surface area contributed by atoms with Crippen molar-refractivity contribution in [3.63, 3.8) is 0 Å². The van der Waals surface area contributed by atoms with Gasteiger partial charge in [-0.05, 0) is 17.7 Å². The summed E-state index contributed by atoms with van der Waals surface area (Å²) in [5, 5.41) is 9.79. The van der Waals surface area contributed by atoms with Crippen molar-refractivity contribution in [1.82, 2.24) is 0 Å². The summed E-state index contributed by atoms with van der Waals surface area (Å²) in [6.07, 6.45) is -0.592. The molecule has 2 aromatic rings. The molecule has 2 aromatic carbocycles. The summed E-state index contributed by atoms with van der Waals surface area (Å²) in [5.74, 6) is 0. The van der Waals surface area contributed by atoms with Crippen molar-refractivity contribution in [3.05, 3.63) is 66.2 Å². The van der Waals surface area contributed by atoms with Gasteiger partial charge in [0.1, 0.15) is 0 Å². The minimum Gasteiger partial charge on any atom is -0.391 e. The van der Waals surface area contributed by atoms with Crippen molar-refractivity contribution in [2.24, 2.45) is 0 Å². The van der Waals surface area contributed by atoms with E-state index in [1.807, 2.05) is 30.3 Å². The van der Waals surface area contributed by atoms with Gasteiger partial charge in [-0.3, -0.25) is 4.18 Å². The van der Waals surface area contributed by atoms with E-state index < -0.39 is 16.2 Å². The van der Waals surface area contributed by atoms with Gasteiger partial charge in [0.05, 0.1) is 30.8 Å². The zero-order valence-electron chi connectivity index (χ0n) is 12.7. The third kappa shape index (κ3) is 6.11. The van der Waals surface area contributed by atoms with Gasteiger partial charge in [-0.25, -0.2) is 0 Å². The van der Waals surface area contributed by atoms with E-state index in [0.29, 0.717) is 6.61 Å². The monoisotopic (exact) mass is 336 g/mol. The zero-order chi connectivity index (χ0) is 16.5. The van der Waals surface area contributed by atoms with Gasteiger partial charge in [0.2, 0.25) is 0 Å². The number of benzene rings is 2. The van der Waals surface area contributed by atoms with Crippen molar-refractivity contribution in [3.8, 4) is 0 Å². The van der Waals surface area contributed by atoms with E-state index in [9.17, 15) is 13.5 Å². The Morgan fingerprint density at radius 2 is 1.57 bits per heavy atom. The lowest BCUT2D eigenvalue weighted by molar-refractivity contribution is 0.0188. The Bertz CT molecular complexity index is 671. The second kappa shape index (κ2) is 8.79. The maximum absolute atomic E-state index is 11.9. The number of hydrogen-bond donors (Lipinski definition) is 1. The van der Waals surface area contributed by atoms with E-state index in [-0.39, 0.29) is 24.5 Å². The fourth-order valence-electron chi connectivity index (χ4n) is 1.92. The summed E-state index contributed by atoms with van der Waals surface area (Å²) in [6.45, 7) is 0.442. The van der Waals surface area contributed by atoms with Crippen LogP contribution in [-0.4, -0.2) is 32.8 Å². The maximum atomic E-state index is 11.9. The van der Waals surface area contributed by atoms with E-state index >= 15 is 0 Å². The molecule has 0 radical (unpaired) electrons. The maximum Gasteiger partial charge on any atom is 0.296 e. The molecule has 0 aliphatic carbocycles. The van der Waals surface area contributed by atoms with Crippen LogP contribution < -0.4 is 0 Å². The van der Waals surface area contributed by atoms with E-state index in [1.54, 1.807) is 18.2 Å². The molecule has 1 atom stereocenters. The van der Waals surface area contributed by atoms with Gasteiger partial charge in [-0.2, -0.15) is 8.42 Å². The Kier molecular flexibility index (Phi) is 6.73. The normalized spacial score (nSPS) is 12.9. The van der Waals surface area contributed by atoms with Crippen molar-refractivity contribution in [1.29, 1.82) is 0 Å². The molecule has 0 aliphatic heterocycles. The smallest absolute Gasteiger partial charge is 0.296 e. The molecule has 0 amide bonds. The molecule has 5 nitrogen and oxygen atoms in total. The van der Waals surface area contributed by atoms with Crippen molar-refractivity contribution in [2.45, 2.75) is 24.0 Å². The highest BCUT2D eigenvalue weighted by Gasteiger charge is 2.15. The molecule has 0 aliphatic rings. The molecule has 6 heteroatoms. The third-order valence-corrected chi connectivity index (χ3v) is 4.47. The molecular weight excluding hydrogens is 316 g/mol. The summed E-state index contributed by atoms with van der Waals surface area (Å²) in [7, 11) is -3.77. The molecule has 0 heterocycles. The van der Waals surface area contributed by atoms with Gasteiger partial charge in [0.15, 0.2) is 0 Å². The molecule has 0 bridgehead atoms. The number of rotatable bonds is 9. The number of hydrogen-bond acceptors (Lipinski definition) is 5. The minimum absolute atomic E-state index is 0.0902. The molecule has 0 fully saturated rings. The highest BCUT2D eigenvalue weighted by atomic mass is 32.2. The minimum atomic E-state index is -3.77. The second-order valence-electron chi connectivity index (χ2n) is 5.03. The predicted octanol–water partition coefficient (Wildman–Crippen LogP) is 2.36. The van der Waals surface area contributed by atoms with Crippen LogP contribution in [0.2, 0.25) is 0 Å². The first-order chi connectivity index (χ1) is 11.1. The Hall–Kier alpha value is -1.73. The van der Waals surface area contributed by atoms with Crippen LogP contribution in [0.4, 0.5) is 0 Å². The number of aliphatic hydroxyl groups excluding tert-OH is 1. The molecular formula is C17H20O5S. The van der Waals surface area contributed by atoms with Gasteiger partial charge < -0.3 is 9.84 Å². The lowest BCUT2D eigenvalue weighted by Gasteiger charge is -2.11. The highest BCUT2D eigenvalue weighted by Crippen LogP contribution is 2.12. The summed E-state index contributed by atoms with van der Waals surface area (Å²) in [5.41, 5.74) is 1.02. The van der Waals surface area contributed by atoms with E-state index in [1.165, 1.54) is 12.1 Å². The van der Waals surface area contributed by atoms with Crippen LogP contribution in [0.3, 0.4) is 0 Å². The number of ether oxygens (including phenoxy) is 1. The largest absolute Gasteiger partial charge is 0.391 e. The summed E-state index contributed by atoms with van der Waals surface area (Å²) >= 11 is 0. The summed E-state index contributed by atoms with van der Waals surface area (Å²) in [6, 6.07) is 17.5. The van der Waals surface area contributed by atoms with Crippen molar-refractivity contribution in [2.75, 3.05) is 13.2 Å². The fraction of sp³-hybridized carbons (Fsp3) is 0.294. The van der Waals surface area contributed by atoms with E-state index in [0.717, 1.165) is 5.56 Å². The molecule has 23 heavy (non-hydrogen) atoms. The van der Waals surface area contributed by atoms with Crippen LogP contribution in [0, 0.1) is 0 Å². The fourth-order valence-corrected chi connectivity index (χ4v) is 2.86. The van der Waals surface area contributed by atoms with E-state index in [4.69, 9.17) is 8.92 Å². The molecule has 0 saturated carbocycles. The molecule has 2 rings (SSSR count). The van der Waals surface area contributed by atoms with Gasteiger partial charge in [0.25, 0.3) is 10.1 Å². The van der Waals surface area contributed by atoms with Crippen LogP contribution in [0.15, 0.2) is 65.6 Å². The van der Waals surface area contributed by atoms with Crippen LogP contribution >= 0.6 is 0 Å². The average Bonchev–Trinajstić information content (AvgIpc) is 2.56.